The lowest BCUT2D eigenvalue weighted by Gasteiger charge is -2.13. The number of thioether (sulfide) groups is 1. The molecule has 0 fully saturated rings. The van der Waals surface area contributed by atoms with Crippen molar-refractivity contribution in [1.29, 1.82) is 0 Å². The molecule has 0 heterocycles. The Kier molecular flexibility index (Phi) is 8.60. The van der Waals surface area contributed by atoms with Gasteiger partial charge in [0, 0.05) is 16.3 Å². The molecule has 0 radical (unpaired) electrons. The molecule has 0 saturated heterocycles. The fourth-order valence-electron chi connectivity index (χ4n) is 3.08. The van der Waals surface area contributed by atoms with Gasteiger partial charge in [-0.1, -0.05) is 12.1 Å². The number of hydrogen-bond donors (Lipinski definition) is 2. The summed E-state index contributed by atoms with van der Waals surface area (Å²) in [5.41, 5.74) is 1.62. The van der Waals surface area contributed by atoms with Gasteiger partial charge in [0.1, 0.15) is 22.8 Å². The van der Waals surface area contributed by atoms with Crippen molar-refractivity contribution in [3.63, 3.8) is 0 Å². The molecule has 0 aliphatic carbocycles. The molecule has 3 aromatic rings. The first-order valence-corrected chi connectivity index (χ1v) is 11.3. The minimum absolute atomic E-state index is 0.127. The summed E-state index contributed by atoms with van der Waals surface area (Å²) in [6.45, 7) is 2.51. The van der Waals surface area contributed by atoms with Gasteiger partial charge in [-0.2, -0.15) is 0 Å². The van der Waals surface area contributed by atoms with Crippen molar-refractivity contribution in [2.75, 3.05) is 37.2 Å². The summed E-state index contributed by atoms with van der Waals surface area (Å²) < 4.78 is 16.0. The van der Waals surface area contributed by atoms with Crippen molar-refractivity contribution >= 4 is 35.0 Å². The summed E-state index contributed by atoms with van der Waals surface area (Å²) >= 11 is 1.37. The SMILES string of the molecule is CCOc1ccc(NC(=O)CSc2cccc(NC(=O)c3c(OC)cccc3OC)c2)cc1. The van der Waals surface area contributed by atoms with Crippen molar-refractivity contribution in [1.82, 2.24) is 0 Å². The second-order valence-electron chi connectivity index (χ2n) is 6.81. The van der Waals surface area contributed by atoms with E-state index in [1.807, 2.05) is 37.3 Å². The van der Waals surface area contributed by atoms with Crippen LogP contribution in [-0.4, -0.2) is 38.4 Å². The highest BCUT2D eigenvalue weighted by Gasteiger charge is 2.18. The van der Waals surface area contributed by atoms with E-state index in [0.717, 1.165) is 10.6 Å². The Hall–Kier alpha value is -3.65. The van der Waals surface area contributed by atoms with Crippen molar-refractivity contribution in [2.45, 2.75) is 11.8 Å². The molecule has 33 heavy (non-hydrogen) atoms. The van der Waals surface area contributed by atoms with E-state index in [2.05, 4.69) is 10.6 Å². The minimum atomic E-state index is -0.348. The Balaban J connectivity index is 1.60. The number of carbonyl (C=O) groups is 2. The molecule has 7 nitrogen and oxygen atoms in total. The molecule has 0 aliphatic heterocycles. The van der Waals surface area contributed by atoms with Crippen LogP contribution in [0.15, 0.2) is 71.6 Å². The molecule has 3 aromatic carbocycles. The van der Waals surface area contributed by atoms with Gasteiger partial charge in [-0.05, 0) is 61.5 Å². The molecule has 0 atom stereocenters. The molecule has 2 N–H and O–H groups in total. The summed E-state index contributed by atoms with van der Waals surface area (Å²) in [4.78, 5) is 26.0. The molecule has 0 bridgehead atoms. The summed E-state index contributed by atoms with van der Waals surface area (Å²) in [5.74, 6) is 1.35. The predicted octanol–water partition coefficient (Wildman–Crippen LogP) is 5.09. The van der Waals surface area contributed by atoms with E-state index in [-0.39, 0.29) is 17.6 Å². The molecule has 0 unspecified atom stereocenters. The van der Waals surface area contributed by atoms with E-state index >= 15 is 0 Å². The zero-order valence-electron chi connectivity index (χ0n) is 18.7. The van der Waals surface area contributed by atoms with Crippen molar-refractivity contribution in [3.8, 4) is 17.2 Å². The highest BCUT2D eigenvalue weighted by molar-refractivity contribution is 8.00. The Morgan fingerprint density at radius 2 is 1.52 bits per heavy atom. The Morgan fingerprint density at radius 1 is 0.848 bits per heavy atom. The van der Waals surface area contributed by atoms with Gasteiger partial charge in [0.2, 0.25) is 5.91 Å². The molecule has 8 heteroatoms. The van der Waals surface area contributed by atoms with Crippen LogP contribution < -0.4 is 24.8 Å². The van der Waals surface area contributed by atoms with E-state index in [1.165, 1.54) is 26.0 Å². The number of hydrogen-bond acceptors (Lipinski definition) is 6. The maximum Gasteiger partial charge on any atom is 0.263 e. The molecular weight excluding hydrogens is 440 g/mol. The zero-order chi connectivity index (χ0) is 23.6. The average molecular weight is 467 g/mol. The van der Waals surface area contributed by atoms with Crippen LogP contribution in [0.1, 0.15) is 17.3 Å². The lowest BCUT2D eigenvalue weighted by molar-refractivity contribution is -0.113. The number of methoxy groups -OCH3 is 2. The normalized spacial score (nSPS) is 10.3. The first-order valence-electron chi connectivity index (χ1n) is 10.3. The van der Waals surface area contributed by atoms with E-state index < -0.39 is 0 Å². The monoisotopic (exact) mass is 466 g/mol. The van der Waals surface area contributed by atoms with Crippen LogP contribution >= 0.6 is 11.8 Å². The first kappa shape index (κ1) is 24.0. The third-order valence-corrected chi connectivity index (χ3v) is 5.56. The van der Waals surface area contributed by atoms with Gasteiger partial charge in [-0.25, -0.2) is 0 Å². The summed E-state index contributed by atoms with van der Waals surface area (Å²) in [5, 5.41) is 5.73. The molecule has 0 spiro atoms. The molecule has 0 aromatic heterocycles. The fourth-order valence-corrected chi connectivity index (χ4v) is 3.83. The summed E-state index contributed by atoms with van der Waals surface area (Å²) in [7, 11) is 3.00. The Labute approximate surface area is 197 Å². The molecule has 0 aliphatic rings. The predicted molar refractivity (Wildman–Crippen MR) is 131 cm³/mol. The number of ether oxygens (including phenoxy) is 3. The van der Waals surface area contributed by atoms with Crippen LogP contribution in [0.2, 0.25) is 0 Å². The zero-order valence-corrected chi connectivity index (χ0v) is 19.5. The summed E-state index contributed by atoms with van der Waals surface area (Å²) in [6.07, 6.45) is 0. The van der Waals surface area contributed by atoms with Crippen LogP contribution in [0.4, 0.5) is 11.4 Å². The number of carbonyl (C=O) groups excluding carboxylic acids is 2. The number of rotatable bonds is 10. The topological polar surface area (TPSA) is 85.9 Å². The van der Waals surface area contributed by atoms with Crippen LogP contribution in [0.3, 0.4) is 0 Å². The third-order valence-electron chi connectivity index (χ3n) is 4.57. The second kappa shape index (κ2) is 11.8. The Bertz CT molecular complexity index is 1080. The fraction of sp³-hybridized carbons (Fsp3) is 0.200. The average Bonchev–Trinajstić information content (AvgIpc) is 2.83. The van der Waals surface area contributed by atoms with E-state index in [1.54, 1.807) is 36.4 Å². The lowest BCUT2D eigenvalue weighted by Crippen LogP contribution is -2.15. The van der Waals surface area contributed by atoms with Crippen molar-refractivity contribution < 1.29 is 23.8 Å². The van der Waals surface area contributed by atoms with Crippen LogP contribution in [0.5, 0.6) is 17.2 Å². The largest absolute Gasteiger partial charge is 0.496 e. The molecule has 0 saturated carbocycles. The molecule has 3 rings (SSSR count). The van der Waals surface area contributed by atoms with Gasteiger partial charge in [0.25, 0.3) is 5.91 Å². The number of benzene rings is 3. The number of nitrogens with one attached hydrogen (secondary N) is 2. The number of amides is 2. The molecular formula is C25H26N2O5S. The smallest absolute Gasteiger partial charge is 0.263 e. The quantitative estimate of drug-likeness (QED) is 0.405. The van der Waals surface area contributed by atoms with Crippen molar-refractivity contribution in [3.05, 3.63) is 72.3 Å². The Morgan fingerprint density at radius 3 is 2.15 bits per heavy atom. The highest BCUT2D eigenvalue weighted by atomic mass is 32.2. The lowest BCUT2D eigenvalue weighted by atomic mass is 10.1. The van der Waals surface area contributed by atoms with Gasteiger partial charge >= 0.3 is 0 Å². The third kappa shape index (κ3) is 6.66. The molecule has 172 valence electrons. The highest BCUT2D eigenvalue weighted by Crippen LogP contribution is 2.30. The van der Waals surface area contributed by atoms with Crippen LogP contribution in [0.25, 0.3) is 0 Å². The summed E-state index contributed by atoms with van der Waals surface area (Å²) in [6, 6.07) is 19.7. The minimum Gasteiger partial charge on any atom is -0.496 e. The van der Waals surface area contributed by atoms with E-state index in [0.29, 0.717) is 35.0 Å². The second-order valence-corrected chi connectivity index (χ2v) is 7.86. The van der Waals surface area contributed by atoms with Gasteiger partial charge in [0.05, 0.1) is 26.6 Å². The van der Waals surface area contributed by atoms with Gasteiger partial charge in [-0.3, -0.25) is 9.59 Å². The van der Waals surface area contributed by atoms with Crippen molar-refractivity contribution in [2.24, 2.45) is 0 Å². The van der Waals surface area contributed by atoms with E-state index in [9.17, 15) is 9.59 Å². The van der Waals surface area contributed by atoms with Gasteiger partial charge in [-0.15, -0.1) is 11.8 Å². The van der Waals surface area contributed by atoms with Crippen LogP contribution in [0, 0.1) is 0 Å². The first-order chi connectivity index (χ1) is 16.0. The maximum absolute atomic E-state index is 12.9. The van der Waals surface area contributed by atoms with Gasteiger partial charge < -0.3 is 24.8 Å². The van der Waals surface area contributed by atoms with Gasteiger partial charge in [0.15, 0.2) is 0 Å². The van der Waals surface area contributed by atoms with E-state index in [4.69, 9.17) is 14.2 Å². The standard InChI is InChI=1S/C25H26N2O5S/c1-4-32-19-13-11-17(12-14-19)26-23(28)16-33-20-8-5-7-18(15-20)27-25(29)24-21(30-2)9-6-10-22(24)31-3/h5-15H,4,16H2,1-3H3,(H,26,28)(H,27,29). The molecule has 2 amide bonds. The maximum atomic E-state index is 12.9. The van der Waals surface area contributed by atoms with Crippen LogP contribution in [-0.2, 0) is 4.79 Å². The number of anilines is 2.